The Morgan fingerprint density at radius 3 is 2.32 bits per heavy atom. The minimum atomic E-state index is -0.468. The van der Waals surface area contributed by atoms with Crippen LogP contribution in [0.15, 0.2) is 82.8 Å². The van der Waals surface area contributed by atoms with Crippen molar-refractivity contribution in [1.29, 1.82) is 0 Å². The summed E-state index contributed by atoms with van der Waals surface area (Å²) in [5, 5.41) is 1.23. The minimum absolute atomic E-state index is 0.0320. The highest BCUT2D eigenvalue weighted by molar-refractivity contribution is 9.10. The van der Waals surface area contributed by atoms with Gasteiger partial charge in [-0.05, 0) is 41.5 Å². The molecule has 0 aromatic heterocycles. The van der Waals surface area contributed by atoms with Gasteiger partial charge in [-0.25, -0.2) is 5.01 Å². The summed E-state index contributed by atoms with van der Waals surface area (Å²) < 4.78 is 12.0. The monoisotopic (exact) mass is 478 g/mol. The molecule has 0 aliphatic carbocycles. The van der Waals surface area contributed by atoms with E-state index >= 15 is 0 Å². The number of amides is 2. The molecular formula is C24H19BrN2O4. The lowest BCUT2D eigenvalue weighted by molar-refractivity contribution is -0.117. The summed E-state index contributed by atoms with van der Waals surface area (Å²) in [6, 6.07) is 22.2. The second-order valence-corrected chi connectivity index (χ2v) is 7.63. The fraction of sp³-hybridized carbons (Fsp3) is 0.0833. The van der Waals surface area contributed by atoms with Gasteiger partial charge >= 0.3 is 0 Å². The zero-order valence-corrected chi connectivity index (χ0v) is 18.3. The summed E-state index contributed by atoms with van der Waals surface area (Å²) in [5.74, 6) is 0.154. The molecule has 0 spiro atoms. The molecule has 4 rings (SSSR count). The highest BCUT2D eigenvalue weighted by Crippen LogP contribution is 2.35. The van der Waals surface area contributed by atoms with Crippen molar-refractivity contribution in [3.63, 3.8) is 0 Å². The molecule has 3 aromatic carbocycles. The van der Waals surface area contributed by atoms with Gasteiger partial charge in [0.2, 0.25) is 0 Å². The third kappa shape index (κ3) is 4.46. The summed E-state index contributed by atoms with van der Waals surface area (Å²) in [6.07, 6.45) is 1.54. The Morgan fingerprint density at radius 2 is 1.65 bits per heavy atom. The highest BCUT2D eigenvalue weighted by Gasteiger charge is 2.34. The van der Waals surface area contributed by atoms with Gasteiger partial charge in [-0.15, -0.1) is 0 Å². The van der Waals surface area contributed by atoms with Gasteiger partial charge in [-0.3, -0.25) is 15.0 Å². The molecule has 31 heavy (non-hydrogen) atoms. The number of carbonyl (C=O) groups excluding carboxylic acids is 2. The quantitative estimate of drug-likeness (QED) is 0.418. The van der Waals surface area contributed by atoms with Crippen LogP contribution in [0.25, 0.3) is 6.08 Å². The molecule has 1 fully saturated rings. The van der Waals surface area contributed by atoms with Crippen LogP contribution in [0.3, 0.4) is 0 Å². The first-order valence-corrected chi connectivity index (χ1v) is 10.3. The van der Waals surface area contributed by atoms with E-state index in [2.05, 4.69) is 21.4 Å². The third-order valence-corrected chi connectivity index (χ3v) is 5.41. The van der Waals surface area contributed by atoms with Crippen LogP contribution >= 0.6 is 15.9 Å². The molecule has 1 heterocycles. The zero-order chi connectivity index (χ0) is 21.8. The van der Waals surface area contributed by atoms with Crippen molar-refractivity contribution in [3.8, 4) is 11.5 Å². The molecule has 6 nitrogen and oxygen atoms in total. The van der Waals surface area contributed by atoms with Crippen LogP contribution in [-0.4, -0.2) is 18.9 Å². The molecule has 3 aromatic rings. The van der Waals surface area contributed by atoms with Gasteiger partial charge < -0.3 is 9.47 Å². The van der Waals surface area contributed by atoms with Gasteiger partial charge in [-0.1, -0.05) is 64.5 Å². The van der Waals surface area contributed by atoms with Gasteiger partial charge in [0.05, 0.1) is 12.8 Å². The van der Waals surface area contributed by atoms with E-state index in [9.17, 15) is 9.59 Å². The number of anilines is 1. The zero-order valence-electron chi connectivity index (χ0n) is 16.7. The number of hydrazine groups is 1. The number of benzene rings is 3. The smallest absolute Gasteiger partial charge is 0.282 e. The molecule has 1 N–H and O–H groups in total. The lowest BCUT2D eigenvalue weighted by Crippen LogP contribution is -2.35. The first-order chi connectivity index (χ1) is 15.1. The SMILES string of the molecule is COc1cc(/C=C2/C(=O)NN(c3ccccc3)C2=O)c(Br)cc1OCc1ccccc1. The van der Waals surface area contributed by atoms with E-state index < -0.39 is 11.8 Å². The molecule has 7 heteroatoms. The number of rotatable bonds is 6. The Kier molecular flexibility index (Phi) is 6.04. The highest BCUT2D eigenvalue weighted by atomic mass is 79.9. The molecule has 0 saturated carbocycles. The van der Waals surface area contributed by atoms with Crippen molar-refractivity contribution in [2.45, 2.75) is 6.61 Å². The molecule has 0 atom stereocenters. The van der Waals surface area contributed by atoms with Crippen LogP contribution in [-0.2, 0) is 16.2 Å². The molecule has 2 amide bonds. The van der Waals surface area contributed by atoms with Crippen LogP contribution in [0.4, 0.5) is 5.69 Å². The average Bonchev–Trinajstić information content (AvgIpc) is 3.08. The molecule has 0 bridgehead atoms. The lowest BCUT2D eigenvalue weighted by Gasteiger charge is -2.14. The Morgan fingerprint density at radius 1 is 0.968 bits per heavy atom. The number of hydrogen-bond acceptors (Lipinski definition) is 4. The van der Waals surface area contributed by atoms with Gasteiger partial charge in [-0.2, -0.15) is 0 Å². The second kappa shape index (κ2) is 9.06. The molecule has 0 radical (unpaired) electrons. The number of carbonyl (C=O) groups is 2. The number of halogens is 1. The van der Waals surface area contributed by atoms with Crippen molar-refractivity contribution in [1.82, 2.24) is 5.43 Å². The maximum Gasteiger partial charge on any atom is 0.282 e. The fourth-order valence-electron chi connectivity index (χ4n) is 3.14. The number of nitrogens with zero attached hydrogens (tertiary/aromatic N) is 1. The Labute approximate surface area is 188 Å². The lowest BCUT2D eigenvalue weighted by atomic mass is 10.1. The first kappa shape index (κ1) is 20.7. The van der Waals surface area contributed by atoms with Crippen LogP contribution in [0.1, 0.15) is 11.1 Å². The Balaban J connectivity index is 1.60. The topological polar surface area (TPSA) is 67.9 Å². The normalized spacial score (nSPS) is 14.6. The standard InChI is InChI=1S/C24H19BrN2O4/c1-30-21-13-17(20(25)14-22(21)31-15-16-8-4-2-5-9-16)12-19-23(28)26-27(24(19)29)18-10-6-3-7-11-18/h2-14H,15H2,1H3,(H,26,28)/b19-12-. The first-order valence-electron chi connectivity index (χ1n) is 9.53. The maximum atomic E-state index is 12.8. The number of hydrogen-bond donors (Lipinski definition) is 1. The van der Waals surface area contributed by atoms with Crippen LogP contribution in [0.2, 0.25) is 0 Å². The minimum Gasteiger partial charge on any atom is -0.493 e. The van der Waals surface area contributed by atoms with Gasteiger partial charge in [0.25, 0.3) is 11.8 Å². The fourth-order valence-corrected chi connectivity index (χ4v) is 3.58. The van der Waals surface area contributed by atoms with Gasteiger partial charge in [0.15, 0.2) is 11.5 Å². The summed E-state index contributed by atoms with van der Waals surface area (Å²) in [4.78, 5) is 25.3. The average molecular weight is 479 g/mol. The summed E-state index contributed by atoms with van der Waals surface area (Å²) in [5.41, 5.74) is 4.87. The van der Waals surface area contributed by atoms with Crippen molar-refractivity contribution in [3.05, 3.63) is 94.0 Å². The largest absolute Gasteiger partial charge is 0.493 e. The van der Waals surface area contributed by atoms with E-state index in [1.54, 1.807) is 43.5 Å². The molecule has 1 aliphatic heterocycles. The molecule has 1 aliphatic rings. The number of ether oxygens (including phenoxy) is 2. The van der Waals surface area contributed by atoms with E-state index in [-0.39, 0.29) is 5.57 Å². The maximum absolute atomic E-state index is 12.8. The second-order valence-electron chi connectivity index (χ2n) is 6.77. The number of para-hydroxylation sites is 1. The van der Waals surface area contributed by atoms with Crippen molar-refractivity contribution in [2.24, 2.45) is 0 Å². The van der Waals surface area contributed by atoms with E-state index in [0.717, 1.165) is 5.56 Å². The van der Waals surface area contributed by atoms with E-state index in [4.69, 9.17) is 9.47 Å². The summed E-state index contributed by atoms with van der Waals surface area (Å²) >= 11 is 3.51. The van der Waals surface area contributed by atoms with Crippen molar-refractivity contribution < 1.29 is 19.1 Å². The van der Waals surface area contributed by atoms with E-state index in [0.29, 0.717) is 33.8 Å². The van der Waals surface area contributed by atoms with Crippen LogP contribution in [0, 0.1) is 0 Å². The predicted molar refractivity (Wildman–Crippen MR) is 122 cm³/mol. The van der Waals surface area contributed by atoms with E-state index in [1.165, 1.54) is 11.1 Å². The summed E-state index contributed by atoms with van der Waals surface area (Å²) in [7, 11) is 1.54. The van der Waals surface area contributed by atoms with Crippen molar-refractivity contribution in [2.75, 3.05) is 12.1 Å². The van der Waals surface area contributed by atoms with E-state index in [1.807, 2.05) is 36.4 Å². The predicted octanol–water partition coefficient (Wildman–Crippen LogP) is 4.50. The van der Waals surface area contributed by atoms with Crippen molar-refractivity contribution >= 4 is 39.5 Å². The Hall–Kier alpha value is -3.58. The third-order valence-electron chi connectivity index (χ3n) is 4.73. The number of methoxy groups -OCH3 is 1. The molecular weight excluding hydrogens is 460 g/mol. The summed E-state index contributed by atoms with van der Waals surface area (Å²) in [6.45, 7) is 0.386. The molecule has 156 valence electrons. The molecule has 0 unspecified atom stereocenters. The van der Waals surface area contributed by atoms with Gasteiger partial charge in [0, 0.05) is 4.47 Å². The van der Waals surface area contributed by atoms with Crippen LogP contribution in [0.5, 0.6) is 11.5 Å². The number of nitrogens with one attached hydrogen (secondary N) is 1. The molecule has 1 saturated heterocycles. The Bertz CT molecular complexity index is 1150. The van der Waals surface area contributed by atoms with Crippen LogP contribution < -0.4 is 19.9 Å². The van der Waals surface area contributed by atoms with Gasteiger partial charge in [0.1, 0.15) is 12.2 Å².